The average molecular weight is 296 g/mol. The second kappa shape index (κ2) is 6.72. The summed E-state index contributed by atoms with van der Waals surface area (Å²) in [5, 5.41) is 9.78. The molecule has 0 aliphatic heterocycles. The Morgan fingerprint density at radius 3 is 2.55 bits per heavy atom. The Labute approximate surface area is 128 Å². The lowest BCUT2D eigenvalue weighted by Crippen LogP contribution is -2.02. The molecule has 1 N–H and O–H groups in total. The number of methoxy groups -OCH3 is 1. The van der Waals surface area contributed by atoms with E-state index in [1.807, 2.05) is 6.92 Å². The van der Waals surface area contributed by atoms with Crippen molar-refractivity contribution < 1.29 is 19.4 Å². The van der Waals surface area contributed by atoms with Crippen LogP contribution in [0.1, 0.15) is 27.0 Å². The SMILES string of the molecule is COC(=O)/C=C/c1cc(C(=O)c2ccccc2O)ccc1C. The summed E-state index contributed by atoms with van der Waals surface area (Å²) in [6.07, 6.45) is 2.90. The summed E-state index contributed by atoms with van der Waals surface area (Å²) in [6.45, 7) is 1.88. The molecule has 2 aromatic carbocycles. The molecule has 22 heavy (non-hydrogen) atoms. The molecule has 2 rings (SSSR count). The zero-order chi connectivity index (χ0) is 16.1. The largest absolute Gasteiger partial charge is 0.507 e. The first-order valence-corrected chi connectivity index (χ1v) is 6.72. The van der Waals surface area contributed by atoms with E-state index >= 15 is 0 Å². The Kier molecular flexibility index (Phi) is 4.73. The maximum absolute atomic E-state index is 12.4. The van der Waals surface area contributed by atoms with Gasteiger partial charge in [-0.15, -0.1) is 0 Å². The number of ether oxygens (including phenoxy) is 1. The number of benzene rings is 2. The van der Waals surface area contributed by atoms with E-state index in [1.165, 1.54) is 19.3 Å². The Morgan fingerprint density at radius 2 is 1.86 bits per heavy atom. The summed E-state index contributed by atoms with van der Waals surface area (Å²) >= 11 is 0. The van der Waals surface area contributed by atoms with Crippen LogP contribution in [0, 0.1) is 6.92 Å². The third kappa shape index (κ3) is 3.41. The van der Waals surface area contributed by atoms with Gasteiger partial charge in [-0.1, -0.05) is 24.3 Å². The molecule has 0 saturated heterocycles. The van der Waals surface area contributed by atoms with Gasteiger partial charge in [-0.3, -0.25) is 4.79 Å². The molecule has 0 bridgehead atoms. The summed E-state index contributed by atoms with van der Waals surface area (Å²) in [4.78, 5) is 23.6. The molecule has 0 aromatic heterocycles. The van der Waals surface area contributed by atoms with Crippen LogP contribution >= 0.6 is 0 Å². The number of rotatable bonds is 4. The van der Waals surface area contributed by atoms with E-state index in [-0.39, 0.29) is 17.1 Å². The van der Waals surface area contributed by atoms with Crippen molar-refractivity contribution in [2.75, 3.05) is 7.11 Å². The topological polar surface area (TPSA) is 63.6 Å². The maximum atomic E-state index is 12.4. The van der Waals surface area contributed by atoms with Crippen molar-refractivity contribution in [2.45, 2.75) is 6.92 Å². The van der Waals surface area contributed by atoms with Crippen molar-refractivity contribution in [3.05, 3.63) is 70.8 Å². The van der Waals surface area contributed by atoms with Gasteiger partial charge in [-0.05, 0) is 42.3 Å². The molecule has 0 radical (unpaired) electrons. The molecule has 112 valence electrons. The van der Waals surface area contributed by atoms with Crippen LogP contribution in [0.15, 0.2) is 48.5 Å². The molecule has 0 atom stereocenters. The highest BCUT2D eigenvalue weighted by Crippen LogP contribution is 2.22. The smallest absolute Gasteiger partial charge is 0.330 e. The Hall–Kier alpha value is -2.88. The monoisotopic (exact) mass is 296 g/mol. The summed E-state index contributed by atoms with van der Waals surface area (Å²) in [7, 11) is 1.30. The van der Waals surface area contributed by atoms with E-state index in [1.54, 1.807) is 42.5 Å². The Balaban J connectivity index is 2.37. The normalized spacial score (nSPS) is 10.6. The molecular formula is C18H16O4. The third-order valence-electron chi connectivity index (χ3n) is 3.29. The molecule has 0 amide bonds. The van der Waals surface area contributed by atoms with E-state index in [9.17, 15) is 14.7 Å². The predicted octanol–water partition coefficient (Wildman–Crippen LogP) is 3.12. The Morgan fingerprint density at radius 1 is 1.14 bits per heavy atom. The number of para-hydroxylation sites is 1. The number of phenolic OH excluding ortho intramolecular Hbond substituents is 1. The molecule has 4 heteroatoms. The van der Waals surface area contributed by atoms with Crippen LogP contribution in [0.3, 0.4) is 0 Å². The zero-order valence-electron chi connectivity index (χ0n) is 12.4. The highest BCUT2D eigenvalue weighted by atomic mass is 16.5. The van der Waals surface area contributed by atoms with Crippen molar-refractivity contribution >= 4 is 17.8 Å². The van der Waals surface area contributed by atoms with E-state index in [0.717, 1.165) is 11.1 Å². The van der Waals surface area contributed by atoms with Gasteiger partial charge >= 0.3 is 5.97 Å². The molecule has 0 aliphatic rings. The van der Waals surface area contributed by atoms with Crippen LogP contribution in [0.4, 0.5) is 0 Å². The van der Waals surface area contributed by atoms with Crippen molar-refractivity contribution in [2.24, 2.45) is 0 Å². The summed E-state index contributed by atoms with van der Waals surface area (Å²) in [5.41, 5.74) is 2.35. The van der Waals surface area contributed by atoms with E-state index in [4.69, 9.17) is 0 Å². The minimum atomic E-state index is -0.461. The minimum Gasteiger partial charge on any atom is -0.507 e. The van der Waals surface area contributed by atoms with E-state index in [2.05, 4.69) is 4.74 Å². The quantitative estimate of drug-likeness (QED) is 0.535. The number of esters is 1. The number of phenols is 1. The zero-order valence-corrected chi connectivity index (χ0v) is 12.4. The molecule has 0 unspecified atom stereocenters. The summed E-state index contributed by atoms with van der Waals surface area (Å²) < 4.78 is 4.55. The van der Waals surface area contributed by atoms with Crippen LogP contribution < -0.4 is 0 Å². The Bertz CT molecular complexity index is 745. The number of carbonyl (C=O) groups is 2. The fourth-order valence-corrected chi connectivity index (χ4v) is 2.01. The van der Waals surface area contributed by atoms with Crippen LogP contribution in [-0.2, 0) is 9.53 Å². The average Bonchev–Trinajstić information content (AvgIpc) is 2.53. The fourth-order valence-electron chi connectivity index (χ4n) is 2.01. The summed E-state index contributed by atoms with van der Waals surface area (Å²) in [6, 6.07) is 11.6. The van der Waals surface area contributed by atoms with Crippen LogP contribution in [-0.4, -0.2) is 24.0 Å². The second-order valence-electron chi connectivity index (χ2n) is 4.77. The van der Waals surface area contributed by atoms with Gasteiger partial charge in [0.25, 0.3) is 0 Å². The molecule has 0 aliphatic carbocycles. The van der Waals surface area contributed by atoms with Crippen molar-refractivity contribution in [1.82, 2.24) is 0 Å². The van der Waals surface area contributed by atoms with Crippen LogP contribution in [0.25, 0.3) is 6.08 Å². The summed E-state index contributed by atoms with van der Waals surface area (Å²) in [5.74, 6) is -0.789. The van der Waals surface area contributed by atoms with Gasteiger partial charge in [0.15, 0.2) is 5.78 Å². The maximum Gasteiger partial charge on any atom is 0.330 e. The van der Waals surface area contributed by atoms with Crippen molar-refractivity contribution in [1.29, 1.82) is 0 Å². The van der Waals surface area contributed by atoms with Crippen LogP contribution in [0.5, 0.6) is 5.75 Å². The molecule has 0 saturated carbocycles. The van der Waals surface area contributed by atoms with Gasteiger partial charge in [-0.25, -0.2) is 4.79 Å². The van der Waals surface area contributed by atoms with E-state index in [0.29, 0.717) is 5.56 Å². The van der Waals surface area contributed by atoms with Crippen LogP contribution in [0.2, 0.25) is 0 Å². The minimum absolute atomic E-state index is 0.0558. The predicted molar refractivity (Wildman–Crippen MR) is 83.8 cm³/mol. The third-order valence-corrected chi connectivity index (χ3v) is 3.29. The second-order valence-corrected chi connectivity index (χ2v) is 4.77. The van der Waals surface area contributed by atoms with E-state index < -0.39 is 5.97 Å². The first-order chi connectivity index (χ1) is 10.5. The number of carbonyl (C=O) groups excluding carboxylic acids is 2. The van der Waals surface area contributed by atoms with Gasteiger partial charge in [0.2, 0.25) is 0 Å². The molecule has 0 heterocycles. The molecular weight excluding hydrogens is 280 g/mol. The molecule has 4 nitrogen and oxygen atoms in total. The van der Waals surface area contributed by atoms with Crippen molar-refractivity contribution in [3.63, 3.8) is 0 Å². The fraction of sp³-hybridized carbons (Fsp3) is 0.111. The number of ketones is 1. The first kappa shape index (κ1) is 15.5. The number of hydrogen-bond donors (Lipinski definition) is 1. The lowest BCUT2D eigenvalue weighted by Gasteiger charge is -2.06. The lowest BCUT2D eigenvalue weighted by atomic mass is 9.98. The standard InChI is InChI=1S/C18H16O4/c1-12-7-8-14(11-13(12)9-10-17(20)22-2)18(21)15-5-3-4-6-16(15)19/h3-11,19H,1-2H3/b10-9+. The number of hydrogen-bond acceptors (Lipinski definition) is 4. The highest BCUT2D eigenvalue weighted by molar-refractivity contribution is 6.11. The molecule has 2 aromatic rings. The first-order valence-electron chi connectivity index (χ1n) is 6.72. The molecule has 0 spiro atoms. The molecule has 0 fully saturated rings. The van der Waals surface area contributed by atoms with Gasteiger partial charge in [-0.2, -0.15) is 0 Å². The van der Waals surface area contributed by atoms with Gasteiger partial charge in [0.1, 0.15) is 5.75 Å². The number of aromatic hydroxyl groups is 1. The van der Waals surface area contributed by atoms with Crippen molar-refractivity contribution in [3.8, 4) is 5.75 Å². The van der Waals surface area contributed by atoms with Gasteiger partial charge in [0, 0.05) is 11.6 Å². The van der Waals surface area contributed by atoms with Gasteiger partial charge in [0.05, 0.1) is 12.7 Å². The highest BCUT2D eigenvalue weighted by Gasteiger charge is 2.13. The lowest BCUT2D eigenvalue weighted by molar-refractivity contribution is -0.134. The number of aryl methyl sites for hydroxylation is 1. The van der Waals surface area contributed by atoms with Gasteiger partial charge < -0.3 is 9.84 Å².